The van der Waals surface area contributed by atoms with Crippen LogP contribution in [0.25, 0.3) is 16.9 Å². The van der Waals surface area contributed by atoms with Crippen molar-refractivity contribution >= 4 is 28.7 Å². The number of rotatable bonds is 1. The monoisotopic (exact) mass is 277 g/mol. The lowest BCUT2D eigenvalue weighted by molar-refractivity contribution is 1.12. The fourth-order valence-corrected chi connectivity index (χ4v) is 2.32. The summed E-state index contributed by atoms with van der Waals surface area (Å²) in [5.74, 6) is 0.767. The topological polar surface area (TPSA) is 30.2 Å². The van der Waals surface area contributed by atoms with E-state index >= 15 is 0 Å². The third-order valence-electron chi connectivity index (χ3n) is 2.84. The number of fused-ring (bicyclic) bond motifs is 1. The number of nitrogens with zero attached hydrogens (tertiary/aromatic N) is 3. The highest BCUT2D eigenvalue weighted by atomic mass is 35.5. The molecule has 0 fully saturated rings. The molecule has 0 aliphatic carbocycles. The van der Waals surface area contributed by atoms with E-state index in [4.69, 9.17) is 23.2 Å². The van der Waals surface area contributed by atoms with Gasteiger partial charge in [0.15, 0.2) is 5.15 Å². The lowest BCUT2D eigenvalue weighted by atomic mass is 10.1. The number of imidazole rings is 1. The molecule has 0 saturated heterocycles. The van der Waals surface area contributed by atoms with E-state index in [9.17, 15) is 0 Å². The van der Waals surface area contributed by atoms with E-state index in [1.54, 1.807) is 12.4 Å². The van der Waals surface area contributed by atoms with Gasteiger partial charge in [-0.25, -0.2) is 9.97 Å². The van der Waals surface area contributed by atoms with Crippen molar-refractivity contribution in [3.63, 3.8) is 0 Å². The second-order valence-corrected chi connectivity index (χ2v) is 4.73. The van der Waals surface area contributed by atoms with Crippen LogP contribution < -0.4 is 0 Å². The molecule has 5 heteroatoms. The first-order valence-electron chi connectivity index (χ1n) is 5.41. The molecule has 0 bridgehead atoms. The summed E-state index contributed by atoms with van der Waals surface area (Å²) in [5, 5.41) is 1.14. The zero-order valence-corrected chi connectivity index (χ0v) is 11.1. The van der Waals surface area contributed by atoms with Crippen molar-refractivity contribution in [2.45, 2.75) is 6.92 Å². The van der Waals surface area contributed by atoms with Crippen LogP contribution in [0.2, 0.25) is 10.2 Å². The Kier molecular flexibility index (Phi) is 2.73. The Morgan fingerprint density at radius 1 is 1.17 bits per heavy atom. The fourth-order valence-electron chi connectivity index (χ4n) is 1.92. The van der Waals surface area contributed by atoms with E-state index in [2.05, 4.69) is 9.97 Å². The fraction of sp³-hybridized carbons (Fsp3) is 0.0769. The first-order chi connectivity index (χ1) is 8.68. The van der Waals surface area contributed by atoms with Crippen molar-refractivity contribution in [1.82, 2.24) is 14.4 Å². The third kappa shape index (κ3) is 1.67. The summed E-state index contributed by atoms with van der Waals surface area (Å²) in [4.78, 5) is 8.41. The Hall–Kier alpha value is -1.58. The molecule has 0 N–H and O–H groups in total. The molecule has 0 unspecified atom stereocenters. The molecule has 0 spiro atoms. The molecule has 2 heterocycles. The van der Waals surface area contributed by atoms with Gasteiger partial charge < -0.3 is 0 Å². The summed E-state index contributed by atoms with van der Waals surface area (Å²) in [6.07, 6.45) is 5.16. The number of halogens is 2. The van der Waals surface area contributed by atoms with Gasteiger partial charge in [0.25, 0.3) is 0 Å². The predicted molar refractivity (Wildman–Crippen MR) is 73.2 cm³/mol. The number of hydrogen-bond acceptors (Lipinski definition) is 2. The quantitative estimate of drug-likeness (QED) is 0.673. The van der Waals surface area contributed by atoms with Crippen molar-refractivity contribution < 1.29 is 0 Å². The van der Waals surface area contributed by atoms with Gasteiger partial charge >= 0.3 is 0 Å². The van der Waals surface area contributed by atoms with E-state index in [-0.39, 0.29) is 0 Å². The summed E-state index contributed by atoms with van der Waals surface area (Å²) >= 11 is 12.3. The Morgan fingerprint density at radius 2 is 2.00 bits per heavy atom. The van der Waals surface area contributed by atoms with Crippen LogP contribution in [-0.4, -0.2) is 14.4 Å². The van der Waals surface area contributed by atoms with Crippen LogP contribution in [0, 0.1) is 6.92 Å². The molecule has 2 aromatic heterocycles. The van der Waals surface area contributed by atoms with E-state index in [1.165, 1.54) is 0 Å². The van der Waals surface area contributed by atoms with Crippen molar-refractivity contribution in [3.8, 4) is 11.4 Å². The van der Waals surface area contributed by atoms with Gasteiger partial charge in [0, 0.05) is 18.0 Å². The van der Waals surface area contributed by atoms with E-state index < -0.39 is 0 Å². The zero-order valence-electron chi connectivity index (χ0n) is 9.56. The average Bonchev–Trinajstić information content (AvgIpc) is 2.78. The van der Waals surface area contributed by atoms with Crippen LogP contribution in [0.3, 0.4) is 0 Å². The molecule has 3 rings (SSSR count). The second kappa shape index (κ2) is 4.26. The second-order valence-electron chi connectivity index (χ2n) is 3.99. The van der Waals surface area contributed by atoms with Crippen molar-refractivity contribution in [2.75, 3.05) is 0 Å². The largest absolute Gasteiger partial charge is 0.295 e. The first-order valence-corrected chi connectivity index (χ1v) is 6.17. The maximum atomic E-state index is 6.32. The molecular weight excluding hydrogens is 269 g/mol. The Bertz CT molecular complexity index is 734. The van der Waals surface area contributed by atoms with Crippen LogP contribution in [0.15, 0.2) is 36.8 Å². The van der Waals surface area contributed by atoms with Gasteiger partial charge in [-0.05, 0) is 18.6 Å². The summed E-state index contributed by atoms with van der Waals surface area (Å²) < 4.78 is 1.88. The van der Waals surface area contributed by atoms with Crippen LogP contribution in [0.5, 0.6) is 0 Å². The molecule has 0 radical (unpaired) electrons. The van der Waals surface area contributed by atoms with Crippen molar-refractivity contribution in [3.05, 3.63) is 52.5 Å². The molecule has 0 atom stereocenters. The first kappa shape index (κ1) is 11.5. The minimum absolute atomic E-state index is 0.431. The van der Waals surface area contributed by atoms with E-state index in [0.717, 1.165) is 22.5 Å². The Morgan fingerprint density at radius 3 is 2.83 bits per heavy atom. The van der Waals surface area contributed by atoms with Crippen molar-refractivity contribution in [1.29, 1.82) is 0 Å². The van der Waals surface area contributed by atoms with Gasteiger partial charge in [0.1, 0.15) is 11.3 Å². The normalized spacial score (nSPS) is 11.1. The molecular formula is C13H9Cl2N3. The van der Waals surface area contributed by atoms with Crippen LogP contribution >= 0.6 is 23.2 Å². The third-order valence-corrected chi connectivity index (χ3v) is 3.64. The SMILES string of the molecule is Cc1cccc(-c2ncc3c(Cl)nccn23)c1Cl. The number of hydrogen-bond donors (Lipinski definition) is 0. The van der Waals surface area contributed by atoms with Crippen molar-refractivity contribution in [2.24, 2.45) is 0 Å². The van der Waals surface area contributed by atoms with Crippen LogP contribution in [0.4, 0.5) is 0 Å². The molecule has 0 saturated carbocycles. The predicted octanol–water partition coefficient (Wildman–Crippen LogP) is 4.01. The minimum Gasteiger partial charge on any atom is -0.295 e. The van der Waals surface area contributed by atoms with E-state index in [1.807, 2.05) is 35.7 Å². The highest BCUT2D eigenvalue weighted by Gasteiger charge is 2.12. The number of aryl methyl sites for hydroxylation is 1. The Balaban J connectivity index is 2.33. The molecule has 3 nitrogen and oxygen atoms in total. The number of aromatic nitrogens is 3. The van der Waals surface area contributed by atoms with Gasteiger partial charge in [-0.3, -0.25) is 4.40 Å². The highest BCUT2D eigenvalue weighted by molar-refractivity contribution is 6.34. The molecule has 1 aromatic carbocycles. The summed E-state index contributed by atoms with van der Waals surface area (Å²) in [6.45, 7) is 1.97. The average molecular weight is 278 g/mol. The summed E-state index contributed by atoms with van der Waals surface area (Å²) in [6, 6.07) is 5.87. The standard InChI is InChI=1S/C13H9Cl2N3/c1-8-3-2-4-9(11(8)14)13-17-7-10-12(15)16-5-6-18(10)13/h2-7H,1H3. The van der Waals surface area contributed by atoms with E-state index in [0.29, 0.717) is 10.2 Å². The summed E-state index contributed by atoms with van der Waals surface area (Å²) in [7, 11) is 0. The van der Waals surface area contributed by atoms with Gasteiger partial charge in [0.2, 0.25) is 0 Å². The number of benzene rings is 1. The van der Waals surface area contributed by atoms with Gasteiger partial charge in [0.05, 0.1) is 11.2 Å². The maximum absolute atomic E-state index is 6.32. The van der Waals surface area contributed by atoms with Gasteiger partial charge in [-0.1, -0.05) is 35.3 Å². The molecule has 18 heavy (non-hydrogen) atoms. The van der Waals surface area contributed by atoms with Crippen LogP contribution in [0.1, 0.15) is 5.56 Å². The highest BCUT2D eigenvalue weighted by Crippen LogP contribution is 2.30. The maximum Gasteiger partial charge on any atom is 0.154 e. The Labute approximate surface area is 114 Å². The molecule has 0 aliphatic heterocycles. The molecule has 3 aromatic rings. The van der Waals surface area contributed by atoms with Gasteiger partial charge in [-0.15, -0.1) is 0 Å². The molecule has 90 valence electrons. The smallest absolute Gasteiger partial charge is 0.154 e. The zero-order chi connectivity index (χ0) is 12.7. The van der Waals surface area contributed by atoms with Crippen LogP contribution in [-0.2, 0) is 0 Å². The lowest BCUT2D eigenvalue weighted by Gasteiger charge is -2.06. The summed E-state index contributed by atoms with van der Waals surface area (Å²) in [5.41, 5.74) is 2.68. The van der Waals surface area contributed by atoms with Gasteiger partial charge in [-0.2, -0.15) is 0 Å². The minimum atomic E-state index is 0.431. The molecule has 0 aliphatic rings. The molecule has 0 amide bonds. The lowest BCUT2D eigenvalue weighted by Crippen LogP contribution is -1.92.